The number of piperazine rings is 1. The van der Waals surface area contributed by atoms with E-state index in [0.29, 0.717) is 23.9 Å². The lowest BCUT2D eigenvalue weighted by Crippen LogP contribution is -2.57. The zero-order valence-corrected chi connectivity index (χ0v) is 11.8. The molecule has 0 radical (unpaired) electrons. The first kappa shape index (κ1) is 13.5. The second-order valence-corrected chi connectivity index (χ2v) is 5.41. The Labute approximate surface area is 109 Å². The number of aryl methyl sites for hydroxylation is 1. The summed E-state index contributed by atoms with van der Waals surface area (Å²) >= 11 is 0. The molecule has 3 atom stereocenters. The molecular weight excluding hydrogens is 228 g/mol. The Kier molecular flexibility index (Phi) is 4.35. The van der Waals surface area contributed by atoms with Crippen LogP contribution in [0.3, 0.4) is 0 Å². The fourth-order valence-electron chi connectivity index (χ4n) is 2.42. The van der Waals surface area contributed by atoms with Gasteiger partial charge in [0.2, 0.25) is 5.89 Å². The molecular formula is C13H24N4O. The zero-order valence-electron chi connectivity index (χ0n) is 11.8. The molecule has 2 heterocycles. The smallest absolute Gasteiger partial charge is 0.223 e. The third kappa shape index (κ3) is 3.09. The van der Waals surface area contributed by atoms with Crippen molar-refractivity contribution >= 4 is 0 Å². The van der Waals surface area contributed by atoms with Gasteiger partial charge in [0.25, 0.3) is 0 Å². The molecule has 1 aromatic rings. The van der Waals surface area contributed by atoms with Crippen LogP contribution in [0.2, 0.25) is 0 Å². The van der Waals surface area contributed by atoms with Gasteiger partial charge in [-0.3, -0.25) is 4.90 Å². The Bertz CT molecular complexity index is 379. The quantitative estimate of drug-likeness (QED) is 0.882. The fourth-order valence-corrected chi connectivity index (χ4v) is 2.42. The summed E-state index contributed by atoms with van der Waals surface area (Å²) in [7, 11) is 0. The Morgan fingerprint density at radius 2 is 2.33 bits per heavy atom. The summed E-state index contributed by atoms with van der Waals surface area (Å²) in [5.41, 5.74) is 0. The first-order chi connectivity index (χ1) is 8.60. The van der Waals surface area contributed by atoms with Crippen LogP contribution in [-0.2, 0) is 6.54 Å². The lowest BCUT2D eigenvalue weighted by Gasteiger charge is -2.40. The van der Waals surface area contributed by atoms with Crippen LogP contribution in [-0.4, -0.2) is 40.2 Å². The molecule has 1 saturated heterocycles. The largest absolute Gasteiger partial charge is 0.340 e. The van der Waals surface area contributed by atoms with Gasteiger partial charge in [-0.2, -0.15) is 4.98 Å². The second-order valence-electron chi connectivity index (χ2n) is 5.41. The van der Waals surface area contributed by atoms with Crippen molar-refractivity contribution in [2.24, 2.45) is 5.92 Å². The van der Waals surface area contributed by atoms with Crippen molar-refractivity contribution in [3.05, 3.63) is 11.7 Å². The highest BCUT2D eigenvalue weighted by Crippen LogP contribution is 2.17. The molecule has 0 spiro atoms. The molecule has 5 nitrogen and oxygen atoms in total. The first-order valence-electron chi connectivity index (χ1n) is 6.86. The molecule has 5 heteroatoms. The summed E-state index contributed by atoms with van der Waals surface area (Å²) in [5, 5.41) is 7.62. The Morgan fingerprint density at radius 3 is 2.94 bits per heavy atom. The molecule has 0 amide bonds. The van der Waals surface area contributed by atoms with Crippen molar-refractivity contribution in [3.8, 4) is 0 Å². The molecule has 1 aromatic heterocycles. The van der Waals surface area contributed by atoms with Crippen LogP contribution in [0, 0.1) is 12.8 Å². The maximum Gasteiger partial charge on any atom is 0.223 e. The Morgan fingerprint density at radius 1 is 1.56 bits per heavy atom. The van der Waals surface area contributed by atoms with E-state index in [9.17, 15) is 0 Å². The molecule has 18 heavy (non-hydrogen) atoms. The Balaban J connectivity index is 1.97. The van der Waals surface area contributed by atoms with Crippen LogP contribution in [0.25, 0.3) is 0 Å². The minimum atomic E-state index is 0.518. The minimum Gasteiger partial charge on any atom is -0.340 e. The van der Waals surface area contributed by atoms with Crippen LogP contribution in [0.1, 0.15) is 38.9 Å². The number of nitrogens with zero attached hydrogens (tertiary/aromatic N) is 3. The van der Waals surface area contributed by atoms with Gasteiger partial charge in [-0.1, -0.05) is 25.4 Å². The molecule has 1 N–H and O–H groups in total. The van der Waals surface area contributed by atoms with E-state index in [4.69, 9.17) is 4.52 Å². The maximum atomic E-state index is 5.03. The summed E-state index contributed by atoms with van der Waals surface area (Å²) in [4.78, 5) is 6.73. The summed E-state index contributed by atoms with van der Waals surface area (Å²) in [5.74, 6) is 2.14. The molecule has 1 fully saturated rings. The van der Waals surface area contributed by atoms with Crippen LogP contribution < -0.4 is 5.32 Å². The molecule has 1 aliphatic rings. The van der Waals surface area contributed by atoms with E-state index < -0.39 is 0 Å². The number of aromatic nitrogens is 2. The van der Waals surface area contributed by atoms with Crippen LogP contribution >= 0.6 is 0 Å². The number of hydrogen-bond acceptors (Lipinski definition) is 5. The van der Waals surface area contributed by atoms with E-state index in [-0.39, 0.29) is 0 Å². The van der Waals surface area contributed by atoms with Crippen LogP contribution in [0.5, 0.6) is 0 Å². The van der Waals surface area contributed by atoms with Crippen molar-refractivity contribution in [2.45, 2.75) is 52.7 Å². The predicted molar refractivity (Wildman–Crippen MR) is 70.2 cm³/mol. The van der Waals surface area contributed by atoms with Gasteiger partial charge < -0.3 is 9.84 Å². The average molecular weight is 252 g/mol. The highest BCUT2D eigenvalue weighted by molar-refractivity contribution is 4.91. The van der Waals surface area contributed by atoms with Crippen molar-refractivity contribution in [1.82, 2.24) is 20.4 Å². The van der Waals surface area contributed by atoms with Crippen molar-refractivity contribution in [3.63, 3.8) is 0 Å². The van der Waals surface area contributed by atoms with E-state index in [2.05, 4.69) is 41.1 Å². The van der Waals surface area contributed by atoms with Gasteiger partial charge in [-0.15, -0.1) is 0 Å². The topological polar surface area (TPSA) is 54.2 Å². The molecule has 0 aromatic carbocycles. The van der Waals surface area contributed by atoms with Gasteiger partial charge >= 0.3 is 0 Å². The van der Waals surface area contributed by atoms with E-state index in [0.717, 1.165) is 25.5 Å². The fraction of sp³-hybridized carbons (Fsp3) is 0.846. The van der Waals surface area contributed by atoms with Crippen LogP contribution in [0.15, 0.2) is 4.52 Å². The summed E-state index contributed by atoms with van der Waals surface area (Å²) in [6, 6.07) is 1.09. The zero-order chi connectivity index (χ0) is 13.1. The highest BCUT2D eigenvalue weighted by Gasteiger charge is 2.28. The summed E-state index contributed by atoms with van der Waals surface area (Å²) in [6.45, 7) is 11.5. The lowest BCUT2D eigenvalue weighted by atomic mass is 9.96. The van der Waals surface area contributed by atoms with Crippen molar-refractivity contribution in [1.29, 1.82) is 0 Å². The third-order valence-electron chi connectivity index (χ3n) is 3.97. The van der Waals surface area contributed by atoms with E-state index in [1.54, 1.807) is 0 Å². The van der Waals surface area contributed by atoms with Crippen molar-refractivity contribution < 1.29 is 4.52 Å². The standard InChI is InChI=1S/C13H24N4O/c1-5-9(2)12-7-17(10(3)6-14-12)8-13-15-11(4)18-16-13/h9-10,12,14H,5-8H2,1-4H3. The van der Waals surface area contributed by atoms with E-state index >= 15 is 0 Å². The van der Waals surface area contributed by atoms with E-state index in [1.165, 1.54) is 6.42 Å². The second kappa shape index (κ2) is 5.80. The Hall–Kier alpha value is -0.940. The first-order valence-corrected chi connectivity index (χ1v) is 6.86. The average Bonchev–Trinajstić information content (AvgIpc) is 2.76. The number of hydrogen-bond donors (Lipinski definition) is 1. The molecule has 1 aliphatic heterocycles. The third-order valence-corrected chi connectivity index (χ3v) is 3.97. The molecule has 3 unspecified atom stereocenters. The monoisotopic (exact) mass is 252 g/mol. The number of rotatable bonds is 4. The van der Waals surface area contributed by atoms with Gasteiger partial charge in [0, 0.05) is 32.1 Å². The maximum absolute atomic E-state index is 5.03. The molecule has 0 aliphatic carbocycles. The van der Waals surface area contributed by atoms with Gasteiger partial charge in [0.05, 0.1) is 6.54 Å². The molecule has 102 valence electrons. The van der Waals surface area contributed by atoms with Gasteiger partial charge in [-0.05, 0) is 12.8 Å². The SMILES string of the molecule is CCC(C)C1CN(Cc2noc(C)n2)C(C)CN1. The van der Waals surface area contributed by atoms with Crippen LogP contribution in [0.4, 0.5) is 0 Å². The molecule has 0 bridgehead atoms. The lowest BCUT2D eigenvalue weighted by molar-refractivity contribution is 0.108. The molecule has 2 rings (SSSR count). The molecule has 0 saturated carbocycles. The summed E-state index contributed by atoms with van der Waals surface area (Å²) < 4.78 is 5.03. The normalized spacial score (nSPS) is 27.3. The van der Waals surface area contributed by atoms with Gasteiger partial charge in [0.1, 0.15) is 0 Å². The van der Waals surface area contributed by atoms with E-state index in [1.807, 2.05) is 6.92 Å². The predicted octanol–water partition coefficient (Wildman–Crippen LogP) is 1.59. The number of nitrogens with one attached hydrogen (secondary N) is 1. The van der Waals surface area contributed by atoms with Gasteiger partial charge in [0.15, 0.2) is 5.82 Å². The summed E-state index contributed by atoms with van der Waals surface area (Å²) in [6.07, 6.45) is 1.21. The van der Waals surface area contributed by atoms with Crippen molar-refractivity contribution in [2.75, 3.05) is 13.1 Å². The minimum absolute atomic E-state index is 0.518. The van der Waals surface area contributed by atoms with Gasteiger partial charge in [-0.25, -0.2) is 0 Å². The highest BCUT2D eigenvalue weighted by atomic mass is 16.5.